The quantitative estimate of drug-likeness (QED) is 0.0831. The van der Waals surface area contributed by atoms with Crippen LogP contribution in [0.3, 0.4) is 0 Å². The number of carboxylic acids is 2. The Hall–Kier alpha value is -6.85. The molecule has 49 heavy (non-hydrogen) atoms. The smallest absolute Gasteiger partial charge is 0.337 e. The fourth-order valence-corrected chi connectivity index (χ4v) is 4.72. The first-order valence-corrected chi connectivity index (χ1v) is 14.4. The van der Waals surface area contributed by atoms with E-state index in [9.17, 15) is 38.2 Å². The number of carbonyl (C=O) groups excluding carboxylic acids is 2. The van der Waals surface area contributed by atoms with Crippen LogP contribution in [0.4, 0.5) is 20.2 Å². The van der Waals surface area contributed by atoms with E-state index in [0.717, 1.165) is 12.1 Å². The second-order valence-corrected chi connectivity index (χ2v) is 10.5. The van der Waals surface area contributed by atoms with Crippen LogP contribution in [-0.2, 0) is 12.8 Å². The minimum atomic E-state index is -1.49. The molecule has 0 aliphatic heterocycles. The maximum absolute atomic E-state index is 14.9. The van der Waals surface area contributed by atoms with Gasteiger partial charge in [0.1, 0.15) is 18.0 Å². The Balaban J connectivity index is 1.27. The van der Waals surface area contributed by atoms with Crippen molar-refractivity contribution in [3.05, 3.63) is 118 Å². The molecule has 0 atom stereocenters. The number of nitrogen functional groups attached to an aromatic ring is 1. The molecule has 5 rings (SSSR count). The number of aromatic nitrogens is 6. The molecule has 16 nitrogen and oxygen atoms in total. The maximum atomic E-state index is 14.9. The number of aryl methyl sites for hydroxylation is 2. The summed E-state index contributed by atoms with van der Waals surface area (Å²) in [6.45, 7) is 0. The molecular formula is C31H26F2N10O6. The molecule has 0 saturated heterocycles. The molecular weight excluding hydrogens is 646 g/mol. The number of imidazole rings is 1. The molecule has 0 unspecified atom stereocenters. The molecule has 2 aromatic carbocycles. The zero-order valence-corrected chi connectivity index (χ0v) is 25.2. The Morgan fingerprint density at radius 2 is 1.35 bits per heavy atom. The average molecular weight is 673 g/mol. The Bertz CT molecular complexity index is 2140. The number of amides is 2. The second-order valence-electron chi connectivity index (χ2n) is 10.5. The van der Waals surface area contributed by atoms with Crippen LogP contribution in [0.25, 0.3) is 5.82 Å². The molecule has 3 aromatic heterocycles. The summed E-state index contributed by atoms with van der Waals surface area (Å²) in [6.07, 6.45) is 5.34. The van der Waals surface area contributed by atoms with Crippen molar-refractivity contribution in [2.24, 2.45) is 0 Å². The first-order chi connectivity index (χ1) is 23.4. The van der Waals surface area contributed by atoms with E-state index in [1.165, 1.54) is 48.9 Å². The SMILES string of the molecule is N=c1ccc(C(=O)Nc2cc(CCCCc3cc(NC(=O)c4ccc(-n5ccnc5)nn4)c(C(=O)O)cc3F)c(F)cc2C(=O)O)nn1N. The van der Waals surface area contributed by atoms with Crippen molar-refractivity contribution in [2.75, 3.05) is 16.5 Å². The van der Waals surface area contributed by atoms with Crippen LogP contribution in [0.5, 0.6) is 0 Å². The number of hydrogen-bond donors (Lipinski definition) is 6. The normalized spacial score (nSPS) is 10.8. The lowest BCUT2D eigenvalue weighted by Crippen LogP contribution is -2.31. The minimum absolute atomic E-state index is 0.0648. The van der Waals surface area contributed by atoms with Gasteiger partial charge in [-0.1, -0.05) is 0 Å². The molecule has 0 spiro atoms. The molecule has 5 aromatic rings. The zero-order valence-electron chi connectivity index (χ0n) is 25.2. The fraction of sp³-hybridized carbons (Fsp3) is 0.129. The van der Waals surface area contributed by atoms with E-state index in [0.29, 0.717) is 10.6 Å². The first-order valence-electron chi connectivity index (χ1n) is 14.4. The van der Waals surface area contributed by atoms with E-state index in [1.54, 1.807) is 10.8 Å². The summed E-state index contributed by atoms with van der Waals surface area (Å²) in [5.74, 6) is -0.363. The van der Waals surface area contributed by atoms with Gasteiger partial charge in [0.15, 0.2) is 22.7 Å². The van der Waals surface area contributed by atoms with E-state index in [1.807, 2.05) is 0 Å². The summed E-state index contributed by atoms with van der Waals surface area (Å²) < 4.78 is 31.4. The molecule has 0 aliphatic rings. The Morgan fingerprint density at radius 1 is 0.796 bits per heavy atom. The summed E-state index contributed by atoms with van der Waals surface area (Å²) in [6, 6.07) is 9.24. The van der Waals surface area contributed by atoms with Gasteiger partial charge >= 0.3 is 11.9 Å². The standard InChI is InChI=1S/C31H26F2N10O6/c32-20-13-18(30(46)47)24(37-28(44)22-6-8-27(40-39-22)42-10-9-36-15-42)11-16(20)3-1-2-4-17-12-25(19(31(48)49)14-21(17)33)38-29(45)23-5-7-26(34)43(35)41-23/h5-15,34H,1-4,35H2,(H,37,44)(H,38,45)(H,46,47)(H,48,49). The van der Waals surface area contributed by atoms with E-state index in [-0.39, 0.29) is 65.1 Å². The minimum Gasteiger partial charge on any atom is -0.478 e. The zero-order chi connectivity index (χ0) is 35.2. The van der Waals surface area contributed by atoms with Gasteiger partial charge in [0, 0.05) is 12.4 Å². The highest BCUT2D eigenvalue weighted by molar-refractivity contribution is 6.07. The third-order valence-electron chi connectivity index (χ3n) is 7.22. The lowest BCUT2D eigenvalue weighted by atomic mass is 9.99. The summed E-state index contributed by atoms with van der Waals surface area (Å²) in [5, 5.41) is 43.1. The lowest BCUT2D eigenvalue weighted by molar-refractivity contribution is 0.0686. The molecule has 0 saturated carbocycles. The number of benzene rings is 2. The van der Waals surface area contributed by atoms with Gasteiger partial charge in [-0.15, -0.1) is 15.3 Å². The van der Waals surface area contributed by atoms with E-state index in [4.69, 9.17) is 11.3 Å². The number of carbonyl (C=O) groups is 4. The van der Waals surface area contributed by atoms with Crippen molar-refractivity contribution >= 4 is 35.1 Å². The number of aromatic carboxylic acids is 2. The number of rotatable bonds is 12. The number of hydrogen-bond acceptors (Lipinski definition) is 10. The van der Waals surface area contributed by atoms with Gasteiger partial charge in [0.2, 0.25) is 0 Å². The van der Waals surface area contributed by atoms with E-state index >= 15 is 0 Å². The maximum Gasteiger partial charge on any atom is 0.337 e. The number of anilines is 2. The van der Waals surface area contributed by atoms with E-state index < -0.39 is 46.5 Å². The molecule has 18 heteroatoms. The molecule has 7 N–H and O–H groups in total. The van der Waals surface area contributed by atoms with Crippen LogP contribution in [0, 0.1) is 17.0 Å². The van der Waals surface area contributed by atoms with Crippen LogP contribution >= 0.6 is 0 Å². The van der Waals surface area contributed by atoms with E-state index in [2.05, 4.69) is 30.9 Å². The highest BCUT2D eigenvalue weighted by Crippen LogP contribution is 2.26. The van der Waals surface area contributed by atoms with Gasteiger partial charge in [-0.05, 0) is 85.3 Å². The summed E-state index contributed by atoms with van der Waals surface area (Å²) in [7, 11) is 0. The molecule has 3 heterocycles. The number of nitrogens with one attached hydrogen (secondary N) is 3. The Morgan fingerprint density at radius 3 is 1.82 bits per heavy atom. The number of halogens is 2. The van der Waals surface area contributed by atoms with Gasteiger partial charge in [0.05, 0.1) is 22.5 Å². The highest BCUT2D eigenvalue weighted by atomic mass is 19.1. The topological polar surface area (TPSA) is 244 Å². The summed E-state index contributed by atoms with van der Waals surface area (Å²) >= 11 is 0. The average Bonchev–Trinajstić information content (AvgIpc) is 3.61. The molecule has 2 amide bonds. The molecule has 0 aliphatic carbocycles. The fourth-order valence-electron chi connectivity index (χ4n) is 4.72. The number of carboxylic acid groups (broad SMARTS) is 2. The summed E-state index contributed by atoms with van der Waals surface area (Å²) in [5.41, 5.74) is -1.75. The molecule has 0 fully saturated rings. The number of unbranched alkanes of at least 4 members (excludes halogenated alkanes) is 1. The number of nitrogens with two attached hydrogens (primary N) is 1. The van der Waals surface area contributed by atoms with Crippen LogP contribution < -0.4 is 22.0 Å². The van der Waals surface area contributed by atoms with Crippen molar-refractivity contribution < 1.29 is 38.2 Å². The summed E-state index contributed by atoms with van der Waals surface area (Å²) in [4.78, 5) is 53.7. The number of nitrogens with zero attached hydrogens (tertiary/aromatic N) is 6. The largest absolute Gasteiger partial charge is 0.478 e. The van der Waals surface area contributed by atoms with Crippen molar-refractivity contribution in [3.63, 3.8) is 0 Å². The van der Waals surface area contributed by atoms with Gasteiger partial charge in [-0.25, -0.2) is 23.4 Å². The van der Waals surface area contributed by atoms with Gasteiger partial charge in [-0.2, -0.15) is 4.79 Å². The van der Waals surface area contributed by atoms with Crippen molar-refractivity contribution in [3.8, 4) is 5.82 Å². The Labute approximate surface area is 274 Å². The molecule has 0 bridgehead atoms. The first kappa shape index (κ1) is 33.5. The monoisotopic (exact) mass is 672 g/mol. The predicted octanol–water partition coefficient (Wildman–Crippen LogP) is 2.80. The third kappa shape index (κ3) is 7.76. The lowest BCUT2D eigenvalue weighted by Gasteiger charge is -2.13. The Kier molecular flexibility index (Phi) is 9.77. The van der Waals surface area contributed by atoms with Crippen molar-refractivity contribution in [2.45, 2.75) is 25.7 Å². The third-order valence-corrected chi connectivity index (χ3v) is 7.22. The van der Waals surface area contributed by atoms with Crippen LogP contribution in [0.1, 0.15) is 65.7 Å². The second kappa shape index (κ2) is 14.3. The van der Waals surface area contributed by atoms with Crippen molar-refractivity contribution in [1.29, 1.82) is 5.41 Å². The van der Waals surface area contributed by atoms with Crippen molar-refractivity contribution in [1.82, 2.24) is 29.6 Å². The molecule has 0 radical (unpaired) electrons. The van der Waals surface area contributed by atoms with Gasteiger partial charge < -0.3 is 26.7 Å². The highest BCUT2D eigenvalue weighted by Gasteiger charge is 2.21. The van der Waals surface area contributed by atoms with Gasteiger partial charge in [0.25, 0.3) is 11.8 Å². The van der Waals surface area contributed by atoms with Crippen LogP contribution in [0.2, 0.25) is 0 Å². The predicted molar refractivity (Wildman–Crippen MR) is 167 cm³/mol. The van der Waals surface area contributed by atoms with Crippen LogP contribution in [0.15, 0.2) is 67.3 Å². The molecule has 250 valence electrons. The van der Waals surface area contributed by atoms with Gasteiger partial charge in [-0.3, -0.25) is 19.6 Å². The van der Waals surface area contributed by atoms with Crippen LogP contribution in [-0.4, -0.2) is 63.6 Å².